The fourth-order valence-corrected chi connectivity index (χ4v) is 4.63. The summed E-state index contributed by atoms with van der Waals surface area (Å²) in [6, 6.07) is 5.01. The van der Waals surface area contributed by atoms with Gasteiger partial charge in [-0.15, -0.1) is 0 Å². The first kappa shape index (κ1) is 19.0. The quantitative estimate of drug-likeness (QED) is 0.771. The van der Waals surface area contributed by atoms with Crippen molar-refractivity contribution in [3.05, 3.63) is 48.3 Å². The molecule has 1 saturated heterocycles. The summed E-state index contributed by atoms with van der Waals surface area (Å²) in [7, 11) is -3.55. The van der Waals surface area contributed by atoms with Gasteiger partial charge in [-0.3, -0.25) is 4.90 Å². The number of piperazine rings is 1. The van der Waals surface area contributed by atoms with Crippen molar-refractivity contribution < 1.29 is 12.8 Å². The molecule has 2 heterocycles. The molecule has 8 heteroatoms. The lowest BCUT2D eigenvalue weighted by atomic mass is 10.2. The maximum atomic E-state index is 13.0. The van der Waals surface area contributed by atoms with E-state index in [1.54, 1.807) is 0 Å². The normalized spacial score (nSPS) is 17.1. The predicted molar refractivity (Wildman–Crippen MR) is 97.9 cm³/mol. The second kappa shape index (κ2) is 7.85. The van der Waals surface area contributed by atoms with Gasteiger partial charge in [0.2, 0.25) is 10.0 Å². The number of benzene rings is 1. The highest BCUT2D eigenvalue weighted by Gasteiger charge is 2.28. The van der Waals surface area contributed by atoms with Crippen molar-refractivity contribution in [2.24, 2.45) is 0 Å². The number of hydrogen-bond donors (Lipinski definition) is 0. The van der Waals surface area contributed by atoms with Gasteiger partial charge in [-0.2, -0.15) is 4.31 Å². The molecule has 1 aromatic heterocycles. The van der Waals surface area contributed by atoms with Crippen molar-refractivity contribution in [2.75, 3.05) is 32.7 Å². The van der Waals surface area contributed by atoms with Gasteiger partial charge < -0.3 is 4.57 Å². The molecule has 1 aliphatic rings. The van der Waals surface area contributed by atoms with Gasteiger partial charge in [-0.25, -0.2) is 17.8 Å². The molecule has 0 bridgehead atoms. The molecule has 0 radical (unpaired) electrons. The van der Waals surface area contributed by atoms with Crippen LogP contribution in [-0.4, -0.2) is 59.9 Å². The van der Waals surface area contributed by atoms with E-state index in [4.69, 9.17) is 0 Å². The van der Waals surface area contributed by atoms with E-state index < -0.39 is 15.8 Å². The Labute approximate surface area is 154 Å². The third kappa shape index (κ3) is 4.13. The number of halogens is 1. The summed E-state index contributed by atoms with van der Waals surface area (Å²) in [6.07, 6.45) is 3.81. The van der Waals surface area contributed by atoms with Crippen LogP contribution in [0.5, 0.6) is 0 Å². The maximum absolute atomic E-state index is 13.0. The van der Waals surface area contributed by atoms with E-state index in [0.717, 1.165) is 18.9 Å². The lowest BCUT2D eigenvalue weighted by Gasteiger charge is -2.34. The van der Waals surface area contributed by atoms with E-state index in [1.165, 1.54) is 28.6 Å². The van der Waals surface area contributed by atoms with Gasteiger partial charge in [0.05, 0.1) is 4.90 Å². The van der Waals surface area contributed by atoms with E-state index in [9.17, 15) is 12.8 Å². The molecule has 142 valence electrons. The monoisotopic (exact) mass is 380 g/mol. The van der Waals surface area contributed by atoms with Crippen LogP contribution in [0.2, 0.25) is 0 Å². The zero-order valence-corrected chi connectivity index (χ0v) is 16.0. The summed E-state index contributed by atoms with van der Waals surface area (Å²) in [5.74, 6) is 1.01. The molecule has 1 aliphatic heterocycles. The molecule has 0 unspecified atom stereocenters. The molecule has 6 nitrogen and oxygen atoms in total. The van der Waals surface area contributed by atoms with E-state index in [-0.39, 0.29) is 4.90 Å². The number of aromatic nitrogens is 2. The Bertz CT molecular complexity index is 825. The fourth-order valence-electron chi connectivity index (χ4n) is 3.21. The summed E-state index contributed by atoms with van der Waals surface area (Å²) in [5.41, 5.74) is 0. The number of rotatable bonds is 6. The van der Waals surface area contributed by atoms with Crippen LogP contribution in [0.15, 0.2) is 41.6 Å². The highest BCUT2D eigenvalue weighted by molar-refractivity contribution is 7.89. The van der Waals surface area contributed by atoms with Crippen molar-refractivity contribution in [3.8, 4) is 0 Å². The summed E-state index contributed by atoms with van der Waals surface area (Å²) >= 11 is 0. The molecule has 0 N–H and O–H groups in total. The van der Waals surface area contributed by atoms with Gasteiger partial charge in [0.15, 0.2) is 0 Å². The molecule has 0 spiro atoms. The number of nitrogens with zero attached hydrogens (tertiary/aromatic N) is 4. The zero-order chi connectivity index (χ0) is 18.7. The highest BCUT2D eigenvalue weighted by Crippen LogP contribution is 2.18. The Morgan fingerprint density at radius 1 is 1.08 bits per heavy atom. The third-order valence-corrected chi connectivity index (χ3v) is 6.62. The van der Waals surface area contributed by atoms with E-state index in [1.807, 2.05) is 12.4 Å². The topological polar surface area (TPSA) is 58.4 Å². The van der Waals surface area contributed by atoms with Crippen molar-refractivity contribution in [1.82, 2.24) is 18.8 Å². The van der Waals surface area contributed by atoms with Gasteiger partial charge in [-0.1, -0.05) is 13.8 Å². The smallest absolute Gasteiger partial charge is 0.243 e. The first-order valence-corrected chi connectivity index (χ1v) is 10.3. The Morgan fingerprint density at radius 2 is 1.73 bits per heavy atom. The molecule has 3 rings (SSSR count). The minimum Gasteiger partial charge on any atom is -0.333 e. The van der Waals surface area contributed by atoms with E-state index >= 15 is 0 Å². The molecule has 0 aliphatic carbocycles. The SMILES string of the molecule is CC(C)c1nccn1CCN1CCN(S(=O)(=O)c2ccc(F)cc2)CC1. The number of hydrogen-bond acceptors (Lipinski definition) is 4. The molecule has 0 atom stereocenters. The van der Waals surface area contributed by atoms with Crippen LogP contribution >= 0.6 is 0 Å². The standard InChI is InChI=1S/C18H25FN4O2S/c1-15(2)18-20-7-8-22(18)12-9-21-10-13-23(14-11-21)26(24,25)17-5-3-16(19)4-6-17/h3-8,15H,9-14H2,1-2H3. The second-order valence-electron chi connectivity index (χ2n) is 6.83. The van der Waals surface area contributed by atoms with Gasteiger partial charge in [-0.05, 0) is 24.3 Å². The van der Waals surface area contributed by atoms with Crippen LogP contribution in [0.25, 0.3) is 0 Å². The number of sulfonamides is 1. The van der Waals surface area contributed by atoms with Crippen molar-refractivity contribution in [2.45, 2.75) is 31.2 Å². The molecule has 0 amide bonds. The highest BCUT2D eigenvalue weighted by atomic mass is 32.2. The molecular weight excluding hydrogens is 355 g/mol. The number of imidazole rings is 1. The summed E-state index contributed by atoms with van der Waals surface area (Å²) in [4.78, 5) is 6.80. The second-order valence-corrected chi connectivity index (χ2v) is 8.77. The van der Waals surface area contributed by atoms with Crippen LogP contribution in [0.3, 0.4) is 0 Å². The van der Waals surface area contributed by atoms with Crippen molar-refractivity contribution in [1.29, 1.82) is 0 Å². The van der Waals surface area contributed by atoms with Crippen LogP contribution in [0.4, 0.5) is 4.39 Å². The summed E-state index contributed by atoms with van der Waals surface area (Å²) in [5, 5.41) is 0. The molecular formula is C18H25FN4O2S. The first-order chi connectivity index (χ1) is 12.4. The van der Waals surface area contributed by atoms with Crippen LogP contribution in [-0.2, 0) is 16.6 Å². The third-order valence-electron chi connectivity index (χ3n) is 4.70. The van der Waals surface area contributed by atoms with Crippen molar-refractivity contribution in [3.63, 3.8) is 0 Å². The van der Waals surface area contributed by atoms with Gasteiger partial charge in [0.25, 0.3) is 0 Å². The molecule has 1 fully saturated rings. The zero-order valence-electron chi connectivity index (χ0n) is 15.2. The fraction of sp³-hybridized carbons (Fsp3) is 0.500. The minimum atomic E-state index is -3.55. The lowest BCUT2D eigenvalue weighted by Crippen LogP contribution is -2.49. The predicted octanol–water partition coefficient (Wildman–Crippen LogP) is 2.15. The van der Waals surface area contributed by atoms with E-state index in [0.29, 0.717) is 32.1 Å². The van der Waals surface area contributed by atoms with Crippen LogP contribution < -0.4 is 0 Å². The Hall–Kier alpha value is -1.77. The minimum absolute atomic E-state index is 0.146. The van der Waals surface area contributed by atoms with Gasteiger partial charge in [0, 0.05) is 57.6 Å². The van der Waals surface area contributed by atoms with Crippen LogP contribution in [0, 0.1) is 5.82 Å². The van der Waals surface area contributed by atoms with Crippen LogP contribution in [0.1, 0.15) is 25.6 Å². The summed E-state index contributed by atoms with van der Waals surface area (Å²) in [6.45, 7) is 8.22. The average Bonchev–Trinajstić information content (AvgIpc) is 3.09. The molecule has 0 saturated carbocycles. The molecule has 26 heavy (non-hydrogen) atoms. The van der Waals surface area contributed by atoms with E-state index in [2.05, 4.69) is 28.3 Å². The largest absolute Gasteiger partial charge is 0.333 e. The first-order valence-electron chi connectivity index (χ1n) is 8.87. The summed E-state index contributed by atoms with van der Waals surface area (Å²) < 4.78 is 41.9. The van der Waals surface area contributed by atoms with Gasteiger partial charge in [0.1, 0.15) is 11.6 Å². The Kier molecular flexibility index (Phi) is 5.74. The Balaban J connectivity index is 1.55. The van der Waals surface area contributed by atoms with Crippen molar-refractivity contribution >= 4 is 10.0 Å². The Morgan fingerprint density at radius 3 is 2.35 bits per heavy atom. The molecule has 1 aromatic carbocycles. The lowest BCUT2D eigenvalue weighted by molar-refractivity contribution is 0.182. The molecule has 2 aromatic rings. The van der Waals surface area contributed by atoms with Gasteiger partial charge >= 0.3 is 0 Å². The average molecular weight is 380 g/mol. The maximum Gasteiger partial charge on any atom is 0.243 e.